The Morgan fingerprint density at radius 2 is 1.89 bits per heavy atom. The first-order valence-corrected chi connectivity index (χ1v) is 6.76. The zero-order chi connectivity index (χ0) is 13.1. The third-order valence-electron chi connectivity index (χ3n) is 3.94. The highest BCUT2D eigenvalue weighted by atomic mass is 16.3. The largest absolute Gasteiger partial charge is 0.396 e. The standard InChI is InChI=1S/C15H24N2O/c1-12-4-6-14(7-5-12)17-11-15(8-9-18)16(3)10-13(17)2/h4-7,13,15,18H,8-11H2,1-3H3. The van der Waals surface area contributed by atoms with Crippen LogP contribution < -0.4 is 4.90 Å². The first-order chi connectivity index (χ1) is 8.61. The van der Waals surface area contributed by atoms with Crippen molar-refractivity contribution in [3.05, 3.63) is 29.8 Å². The molecule has 1 N–H and O–H groups in total. The van der Waals surface area contributed by atoms with Gasteiger partial charge in [-0.25, -0.2) is 0 Å². The minimum Gasteiger partial charge on any atom is -0.396 e. The van der Waals surface area contributed by atoms with Gasteiger partial charge in [0.2, 0.25) is 0 Å². The Kier molecular flexibility index (Phi) is 4.25. The van der Waals surface area contributed by atoms with E-state index >= 15 is 0 Å². The summed E-state index contributed by atoms with van der Waals surface area (Å²) >= 11 is 0. The predicted molar refractivity (Wildman–Crippen MR) is 76.1 cm³/mol. The minimum atomic E-state index is 0.269. The Labute approximate surface area is 110 Å². The topological polar surface area (TPSA) is 26.7 Å². The van der Waals surface area contributed by atoms with Gasteiger partial charge in [-0.3, -0.25) is 4.90 Å². The Hall–Kier alpha value is -1.06. The van der Waals surface area contributed by atoms with Crippen molar-refractivity contribution in [2.45, 2.75) is 32.4 Å². The summed E-state index contributed by atoms with van der Waals surface area (Å²) in [6.45, 7) is 6.71. The molecule has 0 aromatic heterocycles. The van der Waals surface area contributed by atoms with E-state index < -0.39 is 0 Å². The van der Waals surface area contributed by atoms with Crippen molar-refractivity contribution in [2.24, 2.45) is 0 Å². The Bertz CT molecular complexity index is 377. The van der Waals surface area contributed by atoms with E-state index in [0.29, 0.717) is 12.1 Å². The second-order valence-corrected chi connectivity index (χ2v) is 5.44. The van der Waals surface area contributed by atoms with Crippen LogP contribution in [0.5, 0.6) is 0 Å². The van der Waals surface area contributed by atoms with E-state index in [1.54, 1.807) is 0 Å². The number of hydrogen-bond donors (Lipinski definition) is 1. The number of likely N-dealkylation sites (N-methyl/N-ethyl adjacent to an activating group) is 1. The van der Waals surface area contributed by atoms with Crippen LogP contribution in [0.25, 0.3) is 0 Å². The molecular formula is C15H24N2O. The van der Waals surface area contributed by atoms with Gasteiger partial charge in [0.05, 0.1) is 0 Å². The maximum atomic E-state index is 9.15. The molecule has 0 saturated carbocycles. The molecule has 3 nitrogen and oxygen atoms in total. The molecule has 2 unspecified atom stereocenters. The SMILES string of the molecule is Cc1ccc(N2CC(CCO)N(C)CC2C)cc1. The predicted octanol–water partition coefficient (Wildman–Crippen LogP) is 1.89. The summed E-state index contributed by atoms with van der Waals surface area (Å²) in [6, 6.07) is 9.71. The smallest absolute Gasteiger partial charge is 0.0446 e. The van der Waals surface area contributed by atoms with Gasteiger partial charge in [0.15, 0.2) is 0 Å². The van der Waals surface area contributed by atoms with E-state index in [4.69, 9.17) is 5.11 Å². The Balaban J connectivity index is 2.13. The quantitative estimate of drug-likeness (QED) is 0.885. The van der Waals surface area contributed by atoms with Gasteiger partial charge in [0.25, 0.3) is 0 Å². The summed E-state index contributed by atoms with van der Waals surface area (Å²) < 4.78 is 0. The zero-order valence-corrected chi connectivity index (χ0v) is 11.6. The van der Waals surface area contributed by atoms with Crippen LogP contribution in [-0.4, -0.2) is 48.8 Å². The number of aliphatic hydroxyl groups excluding tert-OH is 1. The first kappa shape index (κ1) is 13.4. The van der Waals surface area contributed by atoms with Crippen molar-refractivity contribution in [3.8, 4) is 0 Å². The number of anilines is 1. The van der Waals surface area contributed by atoms with E-state index in [-0.39, 0.29) is 6.61 Å². The van der Waals surface area contributed by atoms with Crippen LogP contribution >= 0.6 is 0 Å². The maximum absolute atomic E-state index is 9.15. The van der Waals surface area contributed by atoms with Crippen LogP contribution in [0, 0.1) is 6.92 Å². The maximum Gasteiger partial charge on any atom is 0.0446 e. The van der Waals surface area contributed by atoms with Gasteiger partial charge in [-0.2, -0.15) is 0 Å². The van der Waals surface area contributed by atoms with Crippen molar-refractivity contribution < 1.29 is 5.11 Å². The van der Waals surface area contributed by atoms with Crippen LogP contribution in [0.3, 0.4) is 0 Å². The van der Waals surface area contributed by atoms with Crippen molar-refractivity contribution in [2.75, 3.05) is 31.6 Å². The van der Waals surface area contributed by atoms with E-state index in [1.165, 1.54) is 11.3 Å². The molecule has 100 valence electrons. The lowest BCUT2D eigenvalue weighted by atomic mass is 10.0. The highest BCUT2D eigenvalue weighted by molar-refractivity contribution is 5.49. The van der Waals surface area contributed by atoms with Gasteiger partial charge < -0.3 is 10.0 Å². The summed E-state index contributed by atoms with van der Waals surface area (Å²) in [4.78, 5) is 4.82. The molecule has 1 aromatic rings. The van der Waals surface area contributed by atoms with Crippen LogP contribution in [0.1, 0.15) is 18.9 Å². The lowest BCUT2D eigenvalue weighted by molar-refractivity contribution is 0.154. The lowest BCUT2D eigenvalue weighted by Gasteiger charge is -2.45. The van der Waals surface area contributed by atoms with E-state index in [0.717, 1.165) is 19.5 Å². The van der Waals surface area contributed by atoms with E-state index in [9.17, 15) is 0 Å². The first-order valence-electron chi connectivity index (χ1n) is 6.76. The molecule has 0 radical (unpaired) electrons. The number of piperazine rings is 1. The zero-order valence-electron chi connectivity index (χ0n) is 11.6. The molecule has 2 atom stereocenters. The normalized spacial score (nSPS) is 25.4. The molecule has 0 aliphatic carbocycles. The van der Waals surface area contributed by atoms with Gasteiger partial charge in [-0.15, -0.1) is 0 Å². The van der Waals surface area contributed by atoms with Crippen molar-refractivity contribution >= 4 is 5.69 Å². The third-order valence-corrected chi connectivity index (χ3v) is 3.94. The molecule has 1 aliphatic heterocycles. The average molecular weight is 248 g/mol. The minimum absolute atomic E-state index is 0.269. The monoisotopic (exact) mass is 248 g/mol. The van der Waals surface area contributed by atoms with E-state index in [2.05, 4.69) is 55.0 Å². The van der Waals surface area contributed by atoms with Gasteiger partial charge in [-0.1, -0.05) is 17.7 Å². The Morgan fingerprint density at radius 1 is 1.22 bits per heavy atom. The third kappa shape index (κ3) is 2.85. The fourth-order valence-corrected chi connectivity index (χ4v) is 2.77. The van der Waals surface area contributed by atoms with Gasteiger partial charge in [-0.05, 0) is 39.4 Å². The number of nitrogens with zero attached hydrogens (tertiary/aromatic N) is 2. The fourth-order valence-electron chi connectivity index (χ4n) is 2.77. The molecule has 0 bridgehead atoms. The van der Waals surface area contributed by atoms with Gasteiger partial charge in [0, 0.05) is 37.5 Å². The van der Waals surface area contributed by atoms with Crippen LogP contribution in [0.15, 0.2) is 24.3 Å². The summed E-state index contributed by atoms with van der Waals surface area (Å²) in [7, 11) is 2.16. The molecule has 0 amide bonds. The van der Waals surface area contributed by atoms with Crippen LogP contribution in [0.2, 0.25) is 0 Å². The number of rotatable bonds is 3. The summed E-state index contributed by atoms with van der Waals surface area (Å²) in [5.41, 5.74) is 2.59. The molecular weight excluding hydrogens is 224 g/mol. The number of benzene rings is 1. The fraction of sp³-hybridized carbons (Fsp3) is 0.600. The molecule has 3 heteroatoms. The molecule has 0 spiro atoms. The highest BCUT2D eigenvalue weighted by Crippen LogP contribution is 2.23. The second kappa shape index (κ2) is 5.72. The molecule has 1 saturated heterocycles. The average Bonchev–Trinajstić information content (AvgIpc) is 2.34. The molecule has 2 rings (SSSR count). The Morgan fingerprint density at radius 3 is 2.50 bits per heavy atom. The van der Waals surface area contributed by atoms with Crippen LogP contribution in [-0.2, 0) is 0 Å². The molecule has 1 aromatic carbocycles. The summed E-state index contributed by atoms with van der Waals surface area (Å²) in [5.74, 6) is 0. The van der Waals surface area contributed by atoms with Crippen molar-refractivity contribution in [3.63, 3.8) is 0 Å². The van der Waals surface area contributed by atoms with Gasteiger partial charge >= 0.3 is 0 Å². The molecule has 1 fully saturated rings. The van der Waals surface area contributed by atoms with E-state index in [1.807, 2.05) is 0 Å². The van der Waals surface area contributed by atoms with Crippen molar-refractivity contribution in [1.29, 1.82) is 0 Å². The van der Waals surface area contributed by atoms with Crippen LogP contribution in [0.4, 0.5) is 5.69 Å². The van der Waals surface area contributed by atoms with Crippen molar-refractivity contribution in [1.82, 2.24) is 4.90 Å². The number of hydrogen-bond acceptors (Lipinski definition) is 3. The number of aryl methyl sites for hydroxylation is 1. The summed E-state index contributed by atoms with van der Waals surface area (Å²) in [5, 5.41) is 9.15. The second-order valence-electron chi connectivity index (χ2n) is 5.44. The highest BCUT2D eigenvalue weighted by Gasteiger charge is 2.28. The summed E-state index contributed by atoms with van der Waals surface area (Å²) in [6.07, 6.45) is 0.853. The molecule has 1 aliphatic rings. The number of aliphatic hydroxyl groups is 1. The molecule has 1 heterocycles. The molecule has 18 heavy (non-hydrogen) atoms. The lowest BCUT2D eigenvalue weighted by Crippen LogP contribution is -2.56. The van der Waals surface area contributed by atoms with Gasteiger partial charge in [0.1, 0.15) is 0 Å².